The van der Waals surface area contributed by atoms with Gasteiger partial charge in [0, 0.05) is 8.59 Å². The van der Waals surface area contributed by atoms with Gasteiger partial charge in [0.2, 0.25) is 0 Å². The molecule has 98 valence electrons. The predicted octanol–water partition coefficient (Wildman–Crippen LogP) is 5.16. The molecule has 2 aromatic carbocycles. The maximum absolute atomic E-state index is 12.2. The van der Waals surface area contributed by atoms with Gasteiger partial charge in [-0.15, -0.1) is 0 Å². The molecule has 0 aliphatic heterocycles. The number of carbonyl (C=O) groups is 1. The minimum absolute atomic E-state index is 0.197. The van der Waals surface area contributed by atoms with Crippen molar-refractivity contribution in [3.63, 3.8) is 0 Å². The molecule has 0 saturated heterocycles. The fourth-order valence-corrected chi connectivity index (χ4v) is 2.55. The second kappa shape index (κ2) is 6.11. The molecule has 0 saturated carbocycles. The van der Waals surface area contributed by atoms with Gasteiger partial charge in [0.1, 0.15) is 0 Å². The van der Waals surface area contributed by atoms with E-state index in [0.29, 0.717) is 21.3 Å². The van der Waals surface area contributed by atoms with Gasteiger partial charge in [-0.05, 0) is 59.3 Å². The van der Waals surface area contributed by atoms with E-state index < -0.39 is 0 Å². The van der Waals surface area contributed by atoms with E-state index in [2.05, 4.69) is 27.9 Å². The average molecular weight is 406 g/mol. The van der Waals surface area contributed by atoms with Crippen LogP contribution in [0.4, 0.5) is 5.69 Å². The summed E-state index contributed by atoms with van der Waals surface area (Å²) in [5.74, 6) is -0.197. The third-order valence-electron chi connectivity index (χ3n) is 2.61. The summed E-state index contributed by atoms with van der Waals surface area (Å²) in [6, 6.07) is 10.6. The highest BCUT2D eigenvalue weighted by Crippen LogP contribution is 2.26. The molecule has 2 aromatic rings. The maximum Gasteiger partial charge on any atom is 0.256 e. The number of anilines is 1. The second-order valence-corrected chi connectivity index (χ2v) is 5.94. The lowest BCUT2D eigenvalue weighted by atomic mass is 10.1. The van der Waals surface area contributed by atoms with E-state index in [-0.39, 0.29) is 5.91 Å². The SMILES string of the molecule is Cc1cccc(C(=O)Nc2cc(Cl)ccc2Cl)c1I. The third kappa shape index (κ3) is 3.41. The van der Waals surface area contributed by atoms with Crippen LogP contribution in [0.1, 0.15) is 15.9 Å². The van der Waals surface area contributed by atoms with Crippen molar-refractivity contribution in [2.45, 2.75) is 6.92 Å². The number of halogens is 3. The van der Waals surface area contributed by atoms with Crippen LogP contribution in [-0.2, 0) is 0 Å². The quantitative estimate of drug-likeness (QED) is 0.687. The summed E-state index contributed by atoms with van der Waals surface area (Å²) in [7, 11) is 0. The average Bonchev–Trinajstić information content (AvgIpc) is 2.37. The summed E-state index contributed by atoms with van der Waals surface area (Å²) >= 11 is 14.1. The van der Waals surface area contributed by atoms with Gasteiger partial charge >= 0.3 is 0 Å². The highest BCUT2D eigenvalue weighted by Gasteiger charge is 2.13. The fraction of sp³-hybridized carbons (Fsp3) is 0.0714. The van der Waals surface area contributed by atoms with E-state index >= 15 is 0 Å². The maximum atomic E-state index is 12.2. The molecule has 0 heterocycles. The van der Waals surface area contributed by atoms with E-state index in [1.54, 1.807) is 24.3 Å². The Labute approximate surface area is 135 Å². The summed E-state index contributed by atoms with van der Waals surface area (Å²) in [6.45, 7) is 1.96. The van der Waals surface area contributed by atoms with Crippen LogP contribution in [0.5, 0.6) is 0 Å². The van der Waals surface area contributed by atoms with Crippen LogP contribution in [0.15, 0.2) is 36.4 Å². The summed E-state index contributed by atoms with van der Waals surface area (Å²) in [5.41, 5.74) is 2.19. The van der Waals surface area contributed by atoms with Gasteiger partial charge in [0.15, 0.2) is 0 Å². The van der Waals surface area contributed by atoms with Gasteiger partial charge in [0.05, 0.1) is 16.3 Å². The monoisotopic (exact) mass is 405 g/mol. The minimum atomic E-state index is -0.197. The van der Waals surface area contributed by atoms with Crippen molar-refractivity contribution >= 4 is 57.4 Å². The molecule has 0 radical (unpaired) electrons. The Bertz CT molecular complexity index is 643. The molecule has 2 nitrogen and oxygen atoms in total. The summed E-state index contributed by atoms with van der Waals surface area (Å²) in [4.78, 5) is 12.2. The van der Waals surface area contributed by atoms with Crippen molar-refractivity contribution in [2.24, 2.45) is 0 Å². The second-order valence-electron chi connectivity index (χ2n) is 4.01. The molecule has 1 amide bonds. The Hall–Kier alpha value is -0.780. The molecule has 19 heavy (non-hydrogen) atoms. The van der Waals surface area contributed by atoms with E-state index in [4.69, 9.17) is 23.2 Å². The molecule has 1 N–H and O–H groups in total. The Balaban J connectivity index is 2.31. The largest absolute Gasteiger partial charge is 0.321 e. The molecule has 5 heteroatoms. The lowest BCUT2D eigenvalue weighted by Crippen LogP contribution is -2.14. The molecule has 2 rings (SSSR count). The first kappa shape index (κ1) is 14.6. The minimum Gasteiger partial charge on any atom is -0.321 e. The molecule has 0 bridgehead atoms. The number of aryl methyl sites for hydroxylation is 1. The van der Waals surface area contributed by atoms with Gasteiger partial charge in [-0.2, -0.15) is 0 Å². The van der Waals surface area contributed by atoms with Crippen molar-refractivity contribution in [3.8, 4) is 0 Å². The zero-order valence-electron chi connectivity index (χ0n) is 10.0. The molecular weight excluding hydrogens is 396 g/mol. The molecule has 0 unspecified atom stereocenters. The summed E-state index contributed by atoms with van der Waals surface area (Å²) < 4.78 is 0.927. The van der Waals surface area contributed by atoms with Crippen LogP contribution in [-0.4, -0.2) is 5.91 Å². The zero-order valence-corrected chi connectivity index (χ0v) is 13.7. The first-order valence-corrected chi connectivity index (χ1v) is 7.34. The molecule has 0 fully saturated rings. The van der Waals surface area contributed by atoms with Crippen molar-refractivity contribution in [3.05, 3.63) is 61.1 Å². The Kier molecular flexibility index (Phi) is 4.71. The van der Waals surface area contributed by atoms with Gasteiger partial charge in [-0.1, -0.05) is 35.3 Å². The van der Waals surface area contributed by atoms with Crippen LogP contribution in [0.3, 0.4) is 0 Å². The number of benzene rings is 2. The molecule has 0 aliphatic carbocycles. The van der Waals surface area contributed by atoms with Gasteiger partial charge in [-0.25, -0.2) is 0 Å². The number of rotatable bonds is 2. The van der Waals surface area contributed by atoms with Gasteiger partial charge in [-0.3, -0.25) is 4.79 Å². The highest BCUT2D eigenvalue weighted by molar-refractivity contribution is 14.1. The summed E-state index contributed by atoms with van der Waals surface area (Å²) in [5, 5.41) is 3.76. The zero-order chi connectivity index (χ0) is 14.0. The van der Waals surface area contributed by atoms with E-state index in [1.165, 1.54) is 0 Å². The van der Waals surface area contributed by atoms with Gasteiger partial charge < -0.3 is 5.32 Å². The Morgan fingerprint density at radius 1 is 1.21 bits per heavy atom. The first-order valence-electron chi connectivity index (χ1n) is 5.50. The van der Waals surface area contributed by atoms with Crippen molar-refractivity contribution in [1.82, 2.24) is 0 Å². The normalized spacial score (nSPS) is 10.3. The smallest absolute Gasteiger partial charge is 0.256 e. The topological polar surface area (TPSA) is 29.1 Å². The highest BCUT2D eigenvalue weighted by atomic mass is 127. The molecule has 0 atom stereocenters. The number of carbonyl (C=O) groups excluding carboxylic acids is 1. The van der Waals surface area contributed by atoms with Crippen LogP contribution < -0.4 is 5.32 Å². The predicted molar refractivity (Wildman–Crippen MR) is 88.3 cm³/mol. The third-order valence-corrected chi connectivity index (χ3v) is 4.61. The van der Waals surface area contributed by atoms with Crippen LogP contribution in [0.25, 0.3) is 0 Å². The fourth-order valence-electron chi connectivity index (χ4n) is 1.61. The molecule has 0 aromatic heterocycles. The van der Waals surface area contributed by atoms with Crippen LogP contribution in [0, 0.1) is 10.5 Å². The van der Waals surface area contributed by atoms with Crippen molar-refractivity contribution in [2.75, 3.05) is 5.32 Å². The van der Waals surface area contributed by atoms with Crippen LogP contribution >= 0.6 is 45.8 Å². The lowest BCUT2D eigenvalue weighted by Gasteiger charge is -2.10. The number of amides is 1. The van der Waals surface area contributed by atoms with E-state index in [9.17, 15) is 4.79 Å². The van der Waals surface area contributed by atoms with Gasteiger partial charge in [0.25, 0.3) is 5.91 Å². The number of hydrogen-bond acceptors (Lipinski definition) is 1. The van der Waals surface area contributed by atoms with Crippen molar-refractivity contribution in [1.29, 1.82) is 0 Å². The first-order chi connectivity index (χ1) is 8.99. The summed E-state index contributed by atoms with van der Waals surface area (Å²) in [6.07, 6.45) is 0. The van der Waals surface area contributed by atoms with Crippen LogP contribution in [0.2, 0.25) is 10.0 Å². The van der Waals surface area contributed by atoms with E-state index in [0.717, 1.165) is 9.13 Å². The molecule has 0 spiro atoms. The molecular formula is C14H10Cl2INO. The number of nitrogens with one attached hydrogen (secondary N) is 1. The standard InChI is InChI=1S/C14H10Cl2INO/c1-8-3-2-4-10(13(8)17)14(19)18-12-7-9(15)5-6-11(12)16/h2-7H,1H3,(H,18,19). The van der Waals surface area contributed by atoms with Crippen molar-refractivity contribution < 1.29 is 4.79 Å². The van der Waals surface area contributed by atoms with E-state index in [1.807, 2.05) is 19.1 Å². The lowest BCUT2D eigenvalue weighted by molar-refractivity contribution is 0.102. The Morgan fingerprint density at radius 2 is 1.95 bits per heavy atom. The molecule has 0 aliphatic rings. The number of hydrogen-bond donors (Lipinski definition) is 1. The Morgan fingerprint density at radius 3 is 2.68 bits per heavy atom.